The van der Waals surface area contributed by atoms with E-state index in [9.17, 15) is 10.1 Å². The number of hydrogen-bond donors (Lipinski definition) is 1. The SMILES string of the molecule is CCc1cc(N2CCC(Nc3ncc([N+](=O)[O-])cc3C)CC2)ncn1. The van der Waals surface area contributed by atoms with E-state index in [2.05, 4.69) is 38.2 Å². The van der Waals surface area contributed by atoms with Gasteiger partial charge in [-0.2, -0.15) is 0 Å². The summed E-state index contributed by atoms with van der Waals surface area (Å²) in [4.78, 5) is 25.5. The molecular weight excluding hydrogens is 320 g/mol. The average Bonchev–Trinajstić information content (AvgIpc) is 2.64. The summed E-state index contributed by atoms with van der Waals surface area (Å²) in [6, 6.07) is 3.91. The molecule has 0 spiro atoms. The zero-order valence-corrected chi connectivity index (χ0v) is 14.5. The summed E-state index contributed by atoms with van der Waals surface area (Å²) in [5.74, 6) is 1.70. The Bertz CT molecular complexity index is 759. The van der Waals surface area contributed by atoms with E-state index in [4.69, 9.17) is 0 Å². The molecule has 25 heavy (non-hydrogen) atoms. The quantitative estimate of drug-likeness (QED) is 0.659. The molecule has 8 heteroatoms. The lowest BCUT2D eigenvalue weighted by Gasteiger charge is -2.33. The van der Waals surface area contributed by atoms with Gasteiger partial charge in [0.25, 0.3) is 5.69 Å². The highest BCUT2D eigenvalue weighted by molar-refractivity contribution is 5.49. The normalized spacial score (nSPS) is 15.2. The first-order valence-electron chi connectivity index (χ1n) is 8.50. The maximum Gasteiger partial charge on any atom is 0.287 e. The smallest absolute Gasteiger partial charge is 0.287 e. The number of nitro groups is 1. The standard InChI is InChI=1S/C17H22N6O2/c1-3-13-9-16(20-11-19-13)22-6-4-14(5-7-22)21-17-12(2)8-15(10-18-17)23(24)25/h8-11,14H,3-7H2,1-2H3,(H,18,21). The number of rotatable bonds is 5. The maximum absolute atomic E-state index is 10.8. The van der Waals surface area contributed by atoms with Crippen LogP contribution >= 0.6 is 0 Å². The molecule has 1 aliphatic rings. The minimum Gasteiger partial charge on any atom is -0.367 e. The van der Waals surface area contributed by atoms with E-state index < -0.39 is 4.92 Å². The third-order valence-electron chi connectivity index (χ3n) is 4.51. The molecule has 0 amide bonds. The first-order valence-corrected chi connectivity index (χ1v) is 8.50. The number of aryl methyl sites for hydroxylation is 2. The van der Waals surface area contributed by atoms with Gasteiger partial charge in [0.15, 0.2) is 0 Å². The van der Waals surface area contributed by atoms with Crippen LogP contribution in [0.2, 0.25) is 0 Å². The maximum atomic E-state index is 10.8. The molecular formula is C17H22N6O2. The molecule has 1 fully saturated rings. The van der Waals surface area contributed by atoms with E-state index in [1.165, 1.54) is 6.20 Å². The Hall–Kier alpha value is -2.77. The van der Waals surface area contributed by atoms with Gasteiger partial charge < -0.3 is 10.2 Å². The van der Waals surface area contributed by atoms with Crippen molar-refractivity contribution in [3.05, 3.63) is 46.0 Å². The van der Waals surface area contributed by atoms with Crippen molar-refractivity contribution in [3.8, 4) is 0 Å². The molecule has 0 aromatic carbocycles. The molecule has 1 aliphatic heterocycles. The van der Waals surface area contributed by atoms with Crippen LogP contribution in [-0.4, -0.2) is 39.0 Å². The molecule has 8 nitrogen and oxygen atoms in total. The van der Waals surface area contributed by atoms with Crippen molar-refractivity contribution >= 4 is 17.3 Å². The summed E-state index contributed by atoms with van der Waals surface area (Å²) in [5, 5.41) is 14.2. The molecule has 0 unspecified atom stereocenters. The van der Waals surface area contributed by atoms with Gasteiger partial charge in [-0.1, -0.05) is 6.92 Å². The van der Waals surface area contributed by atoms with E-state index in [1.807, 2.05) is 6.92 Å². The molecule has 0 radical (unpaired) electrons. The minimum absolute atomic E-state index is 0.0216. The van der Waals surface area contributed by atoms with Crippen LogP contribution < -0.4 is 10.2 Å². The molecule has 3 rings (SSSR count). The van der Waals surface area contributed by atoms with Crippen molar-refractivity contribution < 1.29 is 4.92 Å². The summed E-state index contributed by atoms with van der Waals surface area (Å²) < 4.78 is 0. The van der Waals surface area contributed by atoms with E-state index in [1.54, 1.807) is 12.4 Å². The van der Waals surface area contributed by atoms with Crippen LogP contribution in [0.25, 0.3) is 0 Å². The Morgan fingerprint density at radius 2 is 2.04 bits per heavy atom. The average molecular weight is 342 g/mol. The zero-order valence-electron chi connectivity index (χ0n) is 14.5. The number of anilines is 2. The van der Waals surface area contributed by atoms with Crippen LogP contribution in [0.5, 0.6) is 0 Å². The fraction of sp³-hybridized carbons (Fsp3) is 0.471. The molecule has 2 aromatic rings. The fourth-order valence-corrected chi connectivity index (χ4v) is 3.01. The van der Waals surface area contributed by atoms with Gasteiger partial charge in [-0.15, -0.1) is 0 Å². The van der Waals surface area contributed by atoms with E-state index in [0.29, 0.717) is 6.04 Å². The second kappa shape index (κ2) is 7.42. The second-order valence-corrected chi connectivity index (χ2v) is 6.24. The highest BCUT2D eigenvalue weighted by Crippen LogP contribution is 2.23. The van der Waals surface area contributed by atoms with Crippen molar-refractivity contribution in [3.63, 3.8) is 0 Å². The molecule has 2 aromatic heterocycles. The lowest BCUT2D eigenvalue weighted by molar-refractivity contribution is -0.385. The molecule has 0 aliphatic carbocycles. The zero-order chi connectivity index (χ0) is 17.8. The topological polar surface area (TPSA) is 97.1 Å². The fourth-order valence-electron chi connectivity index (χ4n) is 3.01. The second-order valence-electron chi connectivity index (χ2n) is 6.24. The number of hydrogen-bond acceptors (Lipinski definition) is 7. The van der Waals surface area contributed by atoms with Gasteiger partial charge in [-0.3, -0.25) is 10.1 Å². The molecule has 3 heterocycles. The van der Waals surface area contributed by atoms with Crippen LogP contribution in [0, 0.1) is 17.0 Å². The molecule has 132 valence electrons. The summed E-state index contributed by atoms with van der Waals surface area (Å²) in [5.41, 5.74) is 1.87. The summed E-state index contributed by atoms with van der Waals surface area (Å²) >= 11 is 0. The van der Waals surface area contributed by atoms with Gasteiger partial charge in [0.1, 0.15) is 24.2 Å². The first kappa shape index (κ1) is 17.1. The predicted molar refractivity (Wildman–Crippen MR) is 95.9 cm³/mol. The highest BCUT2D eigenvalue weighted by atomic mass is 16.6. The van der Waals surface area contributed by atoms with Crippen molar-refractivity contribution in [2.24, 2.45) is 0 Å². The Morgan fingerprint density at radius 3 is 2.68 bits per heavy atom. The van der Waals surface area contributed by atoms with Crippen LogP contribution in [0.1, 0.15) is 31.0 Å². The number of pyridine rings is 1. The van der Waals surface area contributed by atoms with Crippen LogP contribution in [0.3, 0.4) is 0 Å². The van der Waals surface area contributed by atoms with Gasteiger partial charge >= 0.3 is 0 Å². The number of aromatic nitrogens is 3. The van der Waals surface area contributed by atoms with E-state index >= 15 is 0 Å². The van der Waals surface area contributed by atoms with Crippen molar-refractivity contribution in [1.29, 1.82) is 0 Å². The predicted octanol–water partition coefficient (Wildman–Crippen LogP) is 2.73. The van der Waals surface area contributed by atoms with Crippen molar-refractivity contribution in [2.45, 2.75) is 39.2 Å². The number of nitrogens with zero attached hydrogens (tertiary/aromatic N) is 5. The largest absolute Gasteiger partial charge is 0.367 e. The highest BCUT2D eigenvalue weighted by Gasteiger charge is 2.21. The minimum atomic E-state index is -0.422. The molecule has 1 saturated heterocycles. The summed E-state index contributed by atoms with van der Waals surface area (Å²) in [6.07, 6.45) is 5.76. The van der Waals surface area contributed by atoms with Crippen molar-refractivity contribution in [2.75, 3.05) is 23.3 Å². The third kappa shape index (κ3) is 4.01. The van der Waals surface area contributed by atoms with Gasteiger partial charge in [0.05, 0.1) is 4.92 Å². The van der Waals surface area contributed by atoms with Crippen LogP contribution in [0.4, 0.5) is 17.3 Å². The summed E-state index contributed by atoms with van der Waals surface area (Å²) in [7, 11) is 0. The lowest BCUT2D eigenvalue weighted by Crippen LogP contribution is -2.39. The van der Waals surface area contributed by atoms with Crippen molar-refractivity contribution in [1.82, 2.24) is 15.0 Å². The molecule has 0 atom stereocenters. The van der Waals surface area contributed by atoms with Gasteiger partial charge in [-0.25, -0.2) is 15.0 Å². The molecule has 1 N–H and O–H groups in total. The summed E-state index contributed by atoms with van der Waals surface area (Å²) in [6.45, 7) is 5.74. The number of piperidine rings is 1. The van der Waals surface area contributed by atoms with Gasteiger partial charge in [0.2, 0.25) is 0 Å². The Balaban J connectivity index is 1.60. The van der Waals surface area contributed by atoms with E-state index in [0.717, 1.165) is 55.2 Å². The van der Waals surface area contributed by atoms with Gasteiger partial charge in [-0.05, 0) is 31.7 Å². The third-order valence-corrected chi connectivity index (χ3v) is 4.51. The Labute approximate surface area is 146 Å². The first-order chi connectivity index (χ1) is 12.1. The van der Waals surface area contributed by atoms with Crippen LogP contribution in [0.15, 0.2) is 24.7 Å². The Kier molecular flexibility index (Phi) is 5.06. The van der Waals surface area contributed by atoms with E-state index in [-0.39, 0.29) is 5.69 Å². The monoisotopic (exact) mass is 342 g/mol. The van der Waals surface area contributed by atoms with Crippen LogP contribution in [-0.2, 0) is 6.42 Å². The Morgan fingerprint density at radius 1 is 1.28 bits per heavy atom. The van der Waals surface area contributed by atoms with Gasteiger partial charge in [0, 0.05) is 37.0 Å². The lowest BCUT2D eigenvalue weighted by atomic mass is 10.0. The number of nitrogens with one attached hydrogen (secondary N) is 1. The molecule has 0 bridgehead atoms. The molecule has 0 saturated carbocycles.